The van der Waals surface area contributed by atoms with E-state index in [0.29, 0.717) is 23.6 Å². The van der Waals surface area contributed by atoms with Gasteiger partial charge in [-0.15, -0.1) is 0 Å². The lowest BCUT2D eigenvalue weighted by Crippen LogP contribution is -2.25. The molecule has 3 rings (SSSR count). The molecule has 3 aromatic rings. The predicted octanol–water partition coefficient (Wildman–Crippen LogP) is 3.67. The third kappa shape index (κ3) is 3.55. The van der Waals surface area contributed by atoms with E-state index in [-0.39, 0.29) is 12.5 Å². The number of hydrogen-bond donors (Lipinski definition) is 2. The van der Waals surface area contributed by atoms with Crippen LogP contribution in [0, 0.1) is 0 Å². The monoisotopic (exact) mass is 340 g/mol. The Labute approximate surface area is 145 Å². The number of rotatable bonds is 5. The highest BCUT2D eigenvalue weighted by molar-refractivity contribution is 6.30. The number of aromatic nitrogens is 1. The van der Waals surface area contributed by atoms with E-state index in [1.165, 1.54) is 0 Å². The Balaban J connectivity index is 2.05. The minimum absolute atomic E-state index is 0.0490. The lowest BCUT2D eigenvalue weighted by Gasteiger charge is -2.10. The van der Waals surface area contributed by atoms with Crippen molar-refractivity contribution in [1.29, 1.82) is 0 Å². The van der Waals surface area contributed by atoms with E-state index < -0.39 is 0 Å². The topological polar surface area (TPSA) is 62.2 Å². The summed E-state index contributed by atoms with van der Waals surface area (Å²) in [7, 11) is 0. The lowest BCUT2D eigenvalue weighted by molar-refractivity contribution is 0.0953. The van der Waals surface area contributed by atoms with Crippen molar-refractivity contribution in [2.75, 3.05) is 13.2 Å². The third-order valence-electron chi connectivity index (χ3n) is 3.72. The van der Waals surface area contributed by atoms with Crippen LogP contribution in [0.5, 0.6) is 0 Å². The second-order valence-corrected chi connectivity index (χ2v) is 5.85. The van der Waals surface area contributed by atoms with E-state index in [1.807, 2.05) is 36.4 Å². The second kappa shape index (κ2) is 7.43. The summed E-state index contributed by atoms with van der Waals surface area (Å²) in [6.07, 6.45) is 0.527. The number of carbonyl (C=O) groups excluding carboxylic acids is 1. The fraction of sp³-hybridized carbons (Fsp3) is 0.158. The summed E-state index contributed by atoms with van der Waals surface area (Å²) in [4.78, 5) is 17.2. The molecule has 122 valence electrons. The predicted molar refractivity (Wildman–Crippen MR) is 96.2 cm³/mol. The number of aliphatic hydroxyl groups is 1. The molecular formula is C19H17ClN2O2. The molecule has 2 aromatic carbocycles. The molecule has 0 fully saturated rings. The maximum Gasteiger partial charge on any atom is 0.252 e. The molecule has 1 heterocycles. The van der Waals surface area contributed by atoms with Crippen LogP contribution < -0.4 is 5.32 Å². The highest BCUT2D eigenvalue weighted by Crippen LogP contribution is 2.25. The molecule has 0 aliphatic carbocycles. The molecule has 0 atom stereocenters. The van der Waals surface area contributed by atoms with Gasteiger partial charge in [-0.25, -0.2) is 4.98 Å². The SMILES string of the molecule is O=C(NCCCO)c1cc(-c2ccc(Cl)cc2)nc2ccccc12. The number of halogens is 1. The first kappa shape index (κ1) is 16.4. The fourth-order valence-corrected chi connectivity index (χ4v) is 2.63. The molecule has 0 saturated carbocycles. The van der Waals surface area contributed by atoms with Gasteiger partial charge < -0.3 is 10.4 Å². The molecule has 5 heteroatoms. The zero-order chi connectivity index (χ0) is 16.9. The molecule has 0 radical (unpaired) electrons. The van der Waals surface area contributed by atoms with E-state index in [4.69, 9.17) is 16.7 Å². The minimum Gasteiger partial charge on any atom is -0.396 e. The van der Waals surface area contributed by atoms with Gasteiger partial charge in [-0.05, 0) is 30.7 Å². The smallest absolute Gasteiger partial charge is 0.252 e. The molecule has 0 bridgehead atoms. The van der Waals surface area contributed by atoms with Crippen LogP contribution in [-0.2, 0) is 0 Å². The van der Waals surface area contributed by atoms with Gasteiger partial charge in [0.05, 0.1) is 16.8 Å². The lowest BCUT2D eigenvalue weighted by atomic mass is 10.0. The number of carbonyl (C=O) groups is 1. The highest BCUT2D eigenvalue weighted by Gasteiger charge is 2.13. The number of fused-ring (bicyclic) bond motifs is 1. The van der Waals surface area contributed by atoms with E-state index in [0.717, 1.165) is 22.2 Å². The number of benzene rings is 2. The van der Waals surface area contributed by atoms with Crippen LogP contribution in [0.1, 0.15) is 16.8 Å². The number of nitrogens with one attached hydrogen (secondary N) is 1. The molecule has 0 aliphatic rings. The first-order chi connectivity index (χ1) is 11.7. The molecule has 0 saturated heterocycles. The molecular weight excluding hydrogens is 324 g/mol. The average Bonchev–Trinajstić information content (AvgIpc) is 2.61. The van der Waals surface area contributed by atoms with Gasteiger partial charge in [0, 0.05) is 29.1 Å². The third-order valence-corrected chi connectivity index (χ3v) is 3.97. The van der Waals surface area contributed by atoms with Crippen LogP contribution in [0.3, 0.4) is 0 Å². The zero-order valence-electron chi connectivity index (χ0n) is 13.0. The molecule has 4 nitrogen and oxygen atoms in total. The highest BCUT2D eigenvalue weighted by atomic mass is 35.5. The summed E-state index contributed by atoms with van der Waals surface area (Å²) in [6.45, 7) is 0.482. The normalized spacial score (nSPS) is 10.8. The van der Waals surface area contributed by atoms with Gasteiger partial charge >= 0.3 is 0 Å². The molecule has 24 heavy (non-hydrogen) atoms. The van der Waals surface area contributed by atoms with E-state index in [2.05, 4.69) is 10.3 Å². The van der Waals surface area contributed by atoms with Crippen LogP contribution in [0.15, 0.2) is 54.6 Å². The van der Waals surface area contributed by atoms with E-state index in [9.17, 15) is 4.79 Å². The molecule has 2 N–H and O–H groups in total. The van der Waals surface area contributed by atoms with Gasteiger partial charge in [0.15, 0.2) is 0 Å². The van der Waals surface area contributed by atoms with Crippen molar-refractivity contribution in [3.05, 3.63) is 65.2 Å². The summed E-state index contributed by atoms with van der Waals surface area (Å²) in [5, 5.41) is 13.2. The number of para-hydroxylation sites is 1. The maximum atomic E-state index is 12.5. The van der Waals surface area contributed by atoms with E-state index >= 15 is 0 Å². The fourth-order valence-electron chi connectivity index (χ4n) is 2.51. The Morgan fingerprint density at radius 1 is 1.12 bits per heavy atom. The summed E-state index contributed by atoms with van der Waals surface area (Å²) < 4.78 is 0. The number of nitrogens with zero attached hydrogens (tertiary/aromatic N) is 1. The zero-order valence-corrected chi connectivity index (χ0v) is 13.8. The molecule has 0 spiro atoms. The average molecular weight is 341 g/mol. The molecule has 0 aliphatic heterocycles. The van der Waals surface area contributed by atoms with Crippen molar-refractivity contribution in [1.82, 2.24) is 10.3 Å². The molecule has 0 unspecified atom stereocenters. The largest absolute Gasteiger partial charge is 0.396 e. The number of amides is 1. The van der Waals surface area contributed by atoms with Crippen molar-refractivity contribution in [2.24, 2.45) is 0 Å². The van der Waals surface area contributed by atoms with Crippen molar-refractivity contribution < 1.29 is 9.90 Å². The molecule has 1 aromatic heterocycles. The Kier molecular flexibility index (Phi) is 5.08. The van der Waals surface area contributed by atoms with Gasteiger partial charge in [0.2, 0.25) is 0 Å². The van der Waals surface area contributed by atoms with Crippen LogP contribution in [0.4, 0.5) is 0 Å². The van der Waals surface area contributed by atoms with Gasteiger partial charge in [-0.2, -0.15) is 0 Å². The van der Waals surface area contributed by atoms with Gasteiger partial charge in [-0.1, -0.05) is 41.9 Å². The van der Waals surface area contributed by atoms with Crippen molar-refractivity contribution >= 4 is 28.4 Å². The van der Waals surface area contributed by atoms with Gasteiger partial charge in [0.1, 0.15) is 0 Å². The first-order valence-electron chi connectivity index (χ1n) is 7.74. The van der Waals surface area contributed by atoms with Crippen molar-refractivity contribution in [3.8, 4) is 11.3 Å². The van der Waals surface area contributed by atoms with Crippen molar-refractivity contribution in [2.45, 2.75) is 6.42 Å². The van der Waals surface area contributed by atoms with Crippen molar-refractivity contribution in [3.63, 3.8) is 0 Å². The minimum atomic E-state index is -0.169. The number of pyridine rings is 1. The van der Waals surface area contributed by atoms with E-state index in [1.54, 1.807) is 18.2 Å². The summed E-state index contributed by atoms with van der Waals surface area (Å²) in [6, 6.07) is 16.7. The first-order valence-corrected chi connectivity index (χ1v) is 8.11. The Bertz CT molecular complexity index is 863. The standard InChI is InChI=1S/C19H17ClN2O2/c20-14-8-6-13(7-9-14)18-12-16(19(24)21-10-3-11-23)15-4-1-2-5-17(15)22-18/h1-2,4-9,12,23H,3,10-11H2,(H,21,24). The molecule has 1 amide bonds. The quantitative estimate of drug-likeness (QED) is 0.697. The Hall–Kier alpha value is -2.43. The van der Waals surface area contributed by atoms with Gasteiger partial charge in [-0.3, -0.25) is 4.79 Å². The summed E-state index contributed by atoms with van der Waals surface area (Å²) in [5.41, 5.74) is 2.95. The van der Waals surface area contributed by atoms with Crippen LogP contribution in [0.25, 0.3) is 22.2 Å². The Morgan fingerprint density at radius 2 is 1.88 bits per heavy atom. The second-order valence-electron chi connectivity index (χ2n) is 5.41. The van der Waals surface area contributed by atoms with Crippen LogP contribution >= 0.6 is 11.6 Å². The van der Waals surface area contributed by atoms with Crippen LogP contribution in [0.2, 0.25) is 5.02 Å². The summed E-state index contributed by atoms with van der Waals surface area (Å²) >= 11 is 5.94. The number of hydrogen-bond acceptors (Lipinski definition) is 3. The van der Waals surface area contributed by atoms with Gasteiger partial charge in [0.25, 0.3) is 5.91 Å². The van der Waals surface area contributed by atoms with Crippen LogP contribution in [-0.4, -0.2) is 29.1 Å². The number of aliphatic hydroxyl groups excluding tert-OH is 1. The Morgan fingerprint density at radius 3 is 2.62 bits per heavy atom. The maximum absolute atomic E-state index is 12.5. The summed E-state index contributed by atoms with van der Waals surface area (Å²) in [5.74, 6) is -0.169.